The molecule has 6 nitrogen and oxygen atoms in total. The van der Waals surface area contributed by atoms with Crippen LogP contribution in [-0.2, 0) is 9.59 Å². The molecular formula is C19H16O6. The molecule has 4 N–H and O–H groups in total. The maximum Gasteiger partial charge on any atom is 0.163 e. The number of allylic oxidation sites excluding steroid dienone is 2. The summed E-state index contributed by atoms with van der Waals surface area (Å²) in [7, 11) is 0. The molecule has 0 saturated carbocycles. The minimum Gasteiger partial charge on any atom is -0.504 e. The Morgan fingerprint density at radius 1 is 0.760 bits per heavy atom. The van der Waals surface area contributed by atoms with Crippen LogP contribution in [0.2, 0.25) is 0 Å². The number of hydrogen-bond acceptors (Lipinski definition) is 6. The summed E-state index contributed by atoms with van der Waals surface area (Å²) in [5.74, 6) is -5.24. The summed E-state index contributed by atoms with van der Waals surface area (Å²) in [4.78, 5) is 24.0. The van der Waals surface area contributed by atoms with Gasteiger partial charge in [-0.25, -0.2) is 0 Å². The molecule has 2 aromatic carbocycles. The summed E-state index contributed by atoms with van der Waals surface area (Å²) in [5.41, 5.74) is -0.617. The number of phenols is 4. The highest BCUT2D eigenvalue weighted by molar-refractivity contribution is 6.10. The van der Waals surface area contributed by atoms with Gasteiger partial charge in [-0.2, -0.15) is 0 Å². The molecule has 0 amide bonds. The van der Waals surface area contributed by atoms with Gasteiger partial charge in [-0.05, 0) is 47.4 Å². The Morgan fingerprint density at radius 2 is 1.16 bits per heavy atom. The Hall–Kier alpha value is -3.54. The zero-order chi connectivity index (χ0) is 23.6. The van der Waals surface area contributed by atoms with Gasteiger partial charge in [0, 0.05) is 0 Å². The number of carbonyl (C=O) groups excluding carboxylic acids is 2. The highest BCUT2D eigenvalue weighted by Gasteiger charge is 2.05. The van der Waals surface area contributed by atoms with Crippen LogP contribution in [0, 0.1) is 0 Å². The van der Waals surface area contributed by atoms with E-state index in [1.165, 1.54) is 0 Å². The molecule has 0 atom stereocenters. The average molecular weight is 346 g/mol. The van der Waals surface area contributed by atoms with E-state index in [0.717, 1.165) is 24.3 Å². The predicted octanol–water partition coefficient (Wildman–Crippen LogP) is 2.76. The van der Waals surface area contributed by atoms with Crippen molar-refractivity contribution in [3.8, 4) is 23.0 Å². The standard InChI is InChI=1S/C19H16O6/c20-14(5-1-12-3-7-16(22)18(24)9-12)11-15(21)6-2-13-4-8-17(23)19(25)10-13/h1-10,22-25H,11H2/b5-1+,6-2+/i3D,4D,7D,8D,9D,10D. The molecule has 0 aliphatic carbocycles. The van der Waals surface area contributed by atoms with Gasteiger partial charge in [0.05, 0.1) is 14.6 Å². The van der Waals surface area contributed by atoms with Gasteiger partial charge < -0.3 is 20.4 Å². The number of rotatable bonds is 6. The monoisotopic (exact) mass is 346 g/mol. The second-order valence-electron chi connectivity index (χ2n) is 4.75. The molecule has 0 saturated heterocycles. The van der Waals surface area contributed by atoms with Gasteiger partial charge in [-0.1, -0.05) is 24.2 Å². The first-order valence-electron chi connectivity index (χ1n) is 9.83. The van der Waals surface area contributed by atoms with Crippen molar-refractivity contribution in [2.24, 2.45) is 0 Å². The fraction of sp³-hybridized carbons (Fsp3) is 0.0526. The lowest BCUT2D eigenvalue weighted by molar-refractivity contribution is -0.121. The van der Waals surface area contributed by atoms with Crippen molar-refractivity contribution >= 4 is 23.7 Å². The van der Waals surface area contributed by atoms with Gasteiger partial charge >= 0.3 is 0 Å². The van der Waals surface area contributed by atoms with E-state index >= 15 is 0 Å². The van der Waals surface area contributed by atoms with Crippen LogP contribution < -0.4 is 0 Å². The van der Waals surface area contributed by atoms with Crippen molar-refractivity contribution in [2.75, 3.05) is 0 Å². The third-order valence-electron chi connectivity index (χ3n) is 2.81. The quantitative estimate of drug-likeness (QED) is 0.363. The van der Waals surface area contributed by atoms with Crippen molar-refractivity contribution in [2.45, 2.75) is 6.42 Å². The van der Waals surface area contributed by atoms with Crippen LogP contribution in [0.25, 0.3) is 12.2 Å². The topological polar surface area (TPSA) is 115 Å². The Labute approximate surface area is 152 Å². The van der Waals surface area contributed by atoms with Crippen LogP contribution >= 0.6 is 0 Å². The molecule has 0 aliphatic heterocycles. The third-order valence-corrected chi connectivity index (χ3v) is 2.81. The molecule has 0 aromatic heterocycles. The second kappa shape index (κ2) is 7.83. The SMILES string of the molecule is [2H]c1c([2H])c(/C=C/C(=O)CC(=O)/C=C/c2c([2H])c([2H])c(O)c(O)c2[2H])c([2H])c(O)c1O. The van der Waals surface area contributed by atoms with E-state index in [0.29, 0.717) is 0 Å². The molecule has 0 unspecified atom stereocenters. The molecule has 2 rings (SSSR count). The van der Waals surface area contributed by atoms with Gasteiger partial charge in [0.25, 0.3) is 0 Å². The molecule has 0 heterocycles. The zero-order valence-corrected chi connectivity index (χ0v) is 12.6. The zero-order valence-electron chi connectivity index (χ0n) is 18.6. The van der Waals surface area contributed by atoms with Crippen molar-refractivity contribution in [1.29, 1.82) is 0 Å². The molecule has 0 radical (unpaired) electrons. The lowest BCUT2D eigenvalue weighted by atomic mass is 10.1. The summed E-state index contributed by atoms with van der Waals surface area (Å²) < 4.78 is 45.7. The minimum absolute atomic E-state index is 0.308. The number of carbonyl (C=O) groups is 2. The molecule has 2 aromatic rings. The number of aromatic hydroxyl groups is 4. The van der Waals surface area contributed by atoms with E-state index in [2.05, 4.69) is 0 Å². The molecule has 128 valence electrons. The van der Waals surface area contributed by atoms with E-state index < -0.39 is 77.2 Å². The largest absolute Gasteiger partial charge is 0.504 e. The van der Waals surface area contributed by atoms with Crippen LogP contribution in [0.5, 0.6) is 23.0 Å². The van der Waals surface area contributed by atoms with Crippen LogP contribution in [0.1, 0.15) is 25.8 Å². The number of ketones is 2. The van der Waals surface area contributed by atoms with Gasteiger partial charge in [-0.15, -0.1) is 0 Å². The van der Waals surface area contributed by atoms with Gasteiger partial charge in [0.2, 0.25) is 0 Å². The van der Waals surface area contributed by atoms with E-state index in [1.807, 2.05) is 0 Å². The van der Waals surface area contributed by atoms with Crippen LogP contribution in [0.3, 0.4) is 0 Å². The highest BCUT2D eigenvalue weighted by Crippen LogP contribution is 2.26. The summed E-state index contributed by atoms with van der Waals surface area (Å²) in [6, 6.07) is -4.00. The maximum absolute atomic E-state index is 12.0. The lowest BCUT2D eigenvalue weighted by Gasteiger charge is -1.99. The second-order valence-corrected chi connectivity index (χ2v) is 4.75. The molecule has 0 bridgehead atoms. The van der Waals surface area contributed by atoms with Crippen LogP contribution in [0.15, 0.2) is 48.4 Å². The van der Waals surface area contributed by atoms with Gasteiger partial charge in [0.15, 0.2) is 34.6 Å². The fourth-order valence-corrected chi connectivity index (χ4v) is 1.62. The average Bonchev–Trinajstić information content (AvgIpc) is 2.73. The van der Waals surface area contributed by atoms with Crippen LogP contribution in [-0.4, -0.2) is 32.0 Å². The predicted molar refractivity (Wildman–Crippen MR) is 92.2 cm³/mol. The van der Waals surface area contributed by atoms with E-state index in [1.54, 1.807) is 0 Å². The van der Waals surface area contributed by atoms with Gasteiger partial charge in [0.1, 0.15) is 0 Å². The van der Waals surface area contributed by atoms with Crippen molar-refractivity contribution in [3.63, 3.8) is 0 Å². The summed E-state index contributed by atoms with van der Waals surface area (Å²) in [5, 5.41) is 38.0. The summed E-state index contributed by atoms with van der Waals surface area (Å²) in [6.07, 6.45) is 2.94. The maximum atomic E-state index is 12.0. The number of hydrogen-bond donors (Lipinski definition) is 4. The van der Waals surface area contributed by atoms with Gasteiger partial charge in [-0.3, -0.25) is 9.59 Å². The first-order valence-corrected chi connectivity index (χ1v) is 6.83. The Bertz CT molecular complexity index is 1010. The first-order chi connectivity index (χ1) is 14.4. The third kappa shape index (κ3) is 5.24. The highest BCUT2D eigenvalue weighted by atomic mass is 16.3. The Kier molecular flexibility index (Phi) is 3.47. The number of phenolic OH excluding ortho intramolecular Hbond substituents is 4. The molecular weight excluding hydrogens is 324 g/mol. The summed E-state index contributed by atoms with van der Waals surface area (Å²) >= 11 is 0. The van der Waals surface area contributed by atoms with Crippen molar-refractivity contribution in [1.82, 2.24) is 0 Å². The van der Waals surface area contributed by atoms with Crippen molar-refractivity contribution in [3.05, 3.63) is 59.5 Å². The minimum atomic E-state index is -0.933. The summed E-state index contributed by atoms with van der Waals surface area (Å²) in [6.45, 7) is 0. The fourth-order valence-electron chi connectivity index (χ4n) is 1.62. The smallest absolute Gasteiger partial charge is 0.163 e. The van der Waals surface area contributed by atoms with E-state index in [-0.39, 0.29) is 11.1 Å². The Morgan fingerprint density at radius 3 is 1.56 bits per heavy atom. The number of benzene rings is 2. The molecule has 6 heteroatoms. The normalized spacial score (nSPS) is 14.6. The molecule has 25 heavy (non-hydrogen) atoms. The van der Waals surface area contributed by atoms with Crippen LogP contribution in [0.4, 0.5) is 0 Å². The van der Waals surface area contributed by atoms with Crippen molar-refractivity contribution < 1.29 is 38.2 Å². The molecule has 0 aliphatic rings. The molecule has 0 spiro atoms. The van der Waals surface area contributed by atoms with E-state index in [9.17, 15) is 30.0 Å². The lowest BCUT2D eigenvalue weighted by Crippen LogP contribution is -2.01. The Balaban J connectivity index is 2.20. The molecule has 0 fully saturated rings. The first kappa shape index (κ1) is 11.1. The van der Waals surface area contributed by atoms with E-state index in [4.69, 9.17) is 8.22 Å².